The van der Waals surface area contributed by atoms with Gasteiger partial charge in [-0.15, -0.1) is 0 Å². The molecule has 3 heteroatoms. The van der Waals surface area contributed by atoms with Gasteiger partial charge in [0.25, 0.3) is 0 Å². The van der Waals surface area contributed by atoms with E-state index in [0.717, 1.165) is 11.3 Å². The molecular weight excluding hydrogens is 248 g/mol. The highest BCUT2D eigenvalue weighted by atomic mass is 16.1. The molecule has 2 rings (SSSR count). The number of hydrogen-bond acceptors (Lipinski definition) is 3. The van der Waals surface area contributed by atoms with E-state index in [4.69, 9.17) is 11.5 Å². The van der Waals surface area contributed by atoms with Gasteiger partial charge in [0.05, 0.1) is 6.04 Å². The van der Waals surface area contributed by atoms with Crippen molar-refractivity contribution in [2.75, 3.05) is 5.73 Å². The molecule has 0 amide bonds. The molecule has 0 radical (unpaired) electrons. The Labute approximate surface area is 121 Å². The van der Waals surface area contributed by atoms with Crippen LogP contribution in [0.1, 0.15) is 44.1 Å². The number of benzene rings is 1. The maximum atomic E-state index is 12.0. The molecule has 1 aromatic rings. The minimum Gasteiger partial charge on any atom is -0.399 e. The molecule has 4 N–H and O–H groups in total. The molecule has 1 aliphatic carbocycles. The molecule has 0 saturated heterocycles. The number of carbonyl (C=O) groups excluding carboxylic acids is 1. The Balaban J connectivity index is 1.77. The van der Waals surface area contributed by atoms with Gasteiger partial charge in [-0.3, -0.25) is 4.79 Å². The van der Waals surface area contributed by atoms with Gasteiger partial charge in [-0.1, -0.05) is 50.0 Å². The van der Waals surface area contributed by atoms with E-state index in [-0.39, 0.29) is 11.8 Å². The van der Waals surface area contributed by atoms with Gasteiger partial charge < -0.3 is 11.5 Å². The Hall–Kier alpha value is -1.61. The Bertz CT molecular complexity index is 458. The van der Waals surface area contributed by atoms with E-state index in [1.807, 2.05) is 36.4 Å². The van der Waals surface area contributed by atoms with Crippen LogP contribution in [0.15, 0.2) is 30.3 Å². The summed E-state index contributed by atoms with van der Waals surface area (Å²) in [6.45, 7) is 0. The first kappa shape index (κ1) is 14.8. The van der Waals surface area contributed by atoms with Crippen molar-refractivity contribution < 1.29 is 4.79 Å². The second-order valence-electron chi connectivity index (χ2n) is 5.73. The standard InChI is InChI=1S/C17H24N2O/c18-15-10-8-13(9-11-15)6-3-7-16(19)17(20)12-14-4-1-2-5-14/h3,6,8-11,14,16H,1-2,4-5,7,12,18-19H2/b6-3+/t16-/m0/s1. The van der Waals surface area contributed by atoms with E-state index in [2.05, 4.69) is 0 Å². The molecule has 0 heterocycles. The number of nitrogens with two attached hydrogens (primary N) is 2. The average molecular weight is 272 g/mol. The SMILES string of the molecule is Nc1ccc(/C=C/C[C@H](N)C(=O)CC2CCCC2)cc1. The monoisotopic (exact) mass is 272 g/mol. The molecule has 1 aromatic carbocycles. The molecule has 3 nitrogen and oxygen atoms in total. The van der Waals surface area contributed by atoms with E-state index in [1.165, 1.54) is 25.7 Å². The molecule has 20 heavy (non-hydrogen) atoms. The summed E-state index contributed by atoms with van der Waals surface area (Å²) >= 11 is 0. The predicted octanol–water partition coefficient (Wildman–Crippen LogP) is 3.15. The Morgan fingerprint density at radius 2 is 1.90 bits per heavy atom. The van der Waals surface area contributed by atoms with Crippen LogP contribution < -0.4 is 11.5 Å². The number of rotatable bonds is 6. The number of nitrogen functional groups attached to an aromatic ring is 1. The van der Waals surface area contributed by atoms with E-state index in [9.17, 15) is 4.79 Å². The van der Waals surface area contributed by atoms with Crippen LogP contribution >= 0.6 is 0 Å². The minimum atomic E-state index is -0.361. The molecule has 0 aromatic heterocycles. The molecule has 0 bridgehead atoms. The molecule has 0 unspecified atom stereocenters. The quantitative estimate of drug-likeness (QED) is 0.782. The summed E-state index contributed by atoms with van der Waals surface area (Å²) < 4.78 is 0. The second-order valence-corrected chi connectivity index (χ2v) is 5.73. The molecule has 0 spiro atoms. The summed E-state index contributed by atoms with van der Waals surface area (Å²) in [6, 6.07) is 7.28. The molecule has 1 fully saturated rings. The fraction of sp³-hybridized carbons (Fsp3) is 0.471. The summed E-state index contributed by atoms with van der Waals surface area (Å²) in [5.41, 5.74) is 13.4. The zero-order valence-electron chi connectivity index (χ0n) is 11.9. The van der Waals surface area contributed by atoms with Gasteiger partial charge in [0.2, 0.25) is 0 Å². The normalized spacial score (nSPS) is 17.6. The number of ketones is 1. The summed E-state index contributed by atoms with van der Waals surface area (Å²) in [6.07, 6.45) is 10.2. The lowest BCUT2D eigenvalue weighted by Gasteiger charge is -2.12. The number of hydrogen-bond donors (Lipinski definition) is 2. The van der Waals surface area contributed by atoms with Gasteiger partial charge in [0.1, 0.15) is 5.78 Å². The van der Waals surface area contributed by atoms with Crippen molar-refractivity contribution >= 4 is 17.5 Å². The highest BCUT2D eigenvalue weighted by Gasteiger charge is 2.21. The van der Waals surface area contributed by atoms with Gasteiger partial charge in [-0.05, 0) is 30.0 Å². The van der Waals surface area contributed by atoms with Crippen LogP contribution in [-0.2, 0) is 4.79 Å². The van der Waals surface area contributed by atoms with Gasteiger partial charge in [0, 0.05) is 12.1 Å². The largest absolute Gasteiger partial charge is 0.399 e. The first-order valence-corrected chi connectivity index (χ1v) is 7.45. The highest BCUT2D eigenvalue weighted by Crippen LogP contribution is 2.28. The topological polar surface area (TPSA) is 69.1 Å². The van der Waals surface area contributed by atoms with Crippen molar-refractivity contribution in [1.82, 2.24) is 0 Å². The molecular formula is C17H24N2O. The first-order chi connectivity index (χ1) is 9.65. The molecule has 1 saturated carbocycles. The Morgan fingerprint density at radius 1 is 1.25 bits per heavy atom. The summed E-state index contributed by atoms with van der Waals surface area (Å²) in [7, 11) is 0. The van der Waals surface area contributed by atoms with Gasteiger partial charge in [-0.25, -0.2) is 0 Å². The Kier molecular flexibility index (Phi) is 5.36. The van der Waals surface area contributed by atoms with Crippen molar-refractivity contribution in [3.63, 3.8) is 0 Å². The number of carbonyl (C=O) groups is 1. The van der Waals surface area contributed by atoms with Crippen LogP contribution in [0.5, 0.6) is 0 Å². The van der Waals surface area contributed by atoms with Crippen LogP contribution in [0.25, 0.3) is 6.08 Å². The van der Waals surface area contributed by atoms with Crippen molar-refractivity contribution in [2.24, 2.45) is 11.7 Å². The van der Waals surface area contributed by atoms with Gasteiger partial charge in [0.15, 0.2) is 0 Å². The smallest absolute Gasteiger partial charge is 0.150 e. The van der Waals surface area contributed by atoms with Gasteiger partial charge in [-0.2, -0.15) is 0 Å². The van der Waals surface area contributed by atoms with Crippen LogP contribution in [-0.4, -0.2) is 11.8 Å². The first-order valence-electron chi connectivity index (χ1n) is 7.45. The van der Waals surface area contributed by atoms with Crippen molar-refractivity contribution in [3.8, 4) is 0 Å². The van der Waals surface area contributed by atoms with Crippen LogP contribution in [0.3, 0.4) is 0 Å². The van der Waals surface area contributed by atoms with Crippen LogP contribution in [0.4, 0.5) is 5.69 Å². The number of anilines is 1. The maximum absolute atomic E-state index is 12.0. The lowest BCUT2D eigenvalue weighted by Crippen LogP contribution is -2.30. The van der Waals surface area contributed by atoms with Crippen LogP contribution in [0, 0.1) is 5.92 Å². The summed E-state index contributed by atoms with van der Waals surface area (Å²) in [5.74, 6) is 0.786. The summed E-state index contributed by atoms with van der Waals surface area (Å²) in [4.78, 5) is 12.0. The zero-order chi connectivity index (χ0) is 14.4. The lowest BCUT2D eigenvalue weighted by atomic mass is 9.96. The van der Waals surface area contributed by atoms with E-state index >= 15 is 0 Å². The van der Waals surface area contributed by atoms with Crippen molar-refractivity contribution in [2.45, 2.75) is 44.6 Å². The van der Waals surface area contributed by atoms with E-state index in [0.29, 0.717) is 18.8 Å². The molecule has 108 valence electrons. The fourth-order valence-corrected chi connectivity index (χ4v) is 2.74. The molecule has 0 aliphatic heterocycles. The molecule has 1 atom stereocenters. The van der Waals surface area contributed by atoms with Crippen LogP contribution in [0.2, 0.25) is 0 Å². The second kappa shape index (κ2) is 7.25. The predicted molar refractivity (Wildman–Crippen MR) is 84.1 cm³/mol. The highest BCUT2D eigenvalue weighted by molar-refractivity contribution is 5.84. The van der Waals surface area contributed by atoms with Crippen molar-refractivity contribution in [3.05, 3.63) is 35.9 Å². The van der Waals surface area contributed by atoms with Gasteiger partial charge >= 0.3 is 0 Å². The third kappa shape index (κ3) is 4.49. The maximum Gasteiger partial charge on any atom is 0.150 e. The third-order valence-electron chi connectivity index (χ3n) is 4.01. The molecule has 1 aliphatic rings. The minimum absolute atomic E-state index is 0.207. The van der Waals surface area contributed by atoms with E-state index in [1.54, 1.807) is 0 Å². The Morgan fingerprint density at radius 3 is 2.55 bits per heavy atom. The van der Waals surface area contributed by atoms with E-state index < -0.39 is 0 Å². The fourth-order valence-electron chi connectivity index (χ4n) is 2.74. The third-order valence-corrected chi connectivity index (χ3v) is 4.01. The van der Waals surface area contributed by atoms with Crippen molar-refractivity contribution in [1.29, 1.82) is 0 Å². The number of Topliss-reactive ketones (excluding diaryl/α,β-unsaturated/α-hetero) is 1. The summed E-state index contributed by atoms with van der Waals surface area (Å²) in [5, 5.41) is 0. The lowest BCUT2D eigenvalue weighted by molar-refractivity contribution is -0.121. The average Bonchev–Trinajstić information content (AvgIpc) is 2.93. The zero-order valence-corrected chi connectivity index (χ0v) is 11.9.